The van der Waals surface area contributed by atoms with Gasteiger partial charge >= 0.3 is 6.09 Å². The predicted octanol–water partition coefficient (Wildman–Crippen LogP) is 1.92. The number of alkyl carbamates (subject to hydrolysis) is 1. The minimum absolute atomic E-state index is 0.233. The van der Waals surface area contributed by atoms with E-state index in [4.69, 9.17) is 4.74 Å². The van der Waals surface area contributed by atoms with Gasteiger partial charge in [0.15, 0.2) is 6.29 Å². The summed E-state index contributed by atoms with van der Waals surface area (Å²) < 4.78 is 5.07. The van der Waals surface area contributed by atoms with Crippen molar-refractivity contribution in [1.82, 2.24) is 10.3 Å². The Morgan fingerprint density at radius 2 is 2.18 bits per heavy atom. The molecule has 0 bridgehead atoms. The molecule has 0 aliphatic rings. The Hall–Kier alpha value is -1.91. The van der Waals surface area contributed by atoms with Gasteiger partial charge < -0.3 is 10.1 Å². The second-order valence-electron chi connectivity index (χ2n) is 4.53. The molecule has 0 unspecified atom stereocenters. The van der Waals surface area contributed by atoms with Gasteiger partial charge in [-0.15, -0.1) is 0 Å². The van der Waals surface area contributed by atoms with Gasteiger partial charge in [-0.2, -0.15) is 0 Å². The van der Waals surface area contributed by atoms with Crippen LogP contribution in [-0.4, -0.2) is 23.0 Å². The SMILES string of the molecule is CC(C)(C)OC(=O)NCc1cccc(C=O)n1. The lowest BCUT2D eigenvalue weighted by Gasteiger charge is -2.19. The van der Waals surface area contributed by atoms with Crippen molar-refractivity contribution < 1.29 is 14.3 Å². The Kier molecular flexibility index (Phi) is 4.20. The van der Waals surface area contributed by atoms with Crippen LogP contribution in [0.5, 0.6) is 0 Å². The molecule has 0 aliphatic carbocycles. The Morgan fingerprint density at radius 1 is 1.47 bits per heavy atom. The molecule has 5 nitrogen and oxygen atoms in total. The average molecular weight is 236 g/mol. The van der Waals surface area contributed by atoms with Crippen molar-refractivity contribution in [2.75, 3.05) is 0 Å². The predicted molar refractivity (Wildman–Crippen MR) is 62.7 cm³/mol. The number of carbonyl (C=O) groups is 2. The van der Waals surface area contributed by atoms with Crippen LogP contribution in [0.1, 0.15) is 37.0 Å². The van der Waals surface area contributed by atoms with Crippen molar-refractivity contribution in [3.8, 4) is 0 Å². The van der Waals surface area contributed by atoms with E-state index in [1.165, 1.54) is 0 Å². The Bertz CT molecular complexity index is 410. The van der Waals surface area contributed by atoms with Crippen LogP contribution in [0.4, 0.5) is 4.79 Å². The molecule has 0 radical (unpaired) electrons. The van der Waals surface area contributed by atoms with E-state index in [-0.39, 0.29) is 6.54 Å². The minimum Gasteiger partial charge on any atom is -0.444 e. The van der Waals surface area contributed by atoms with Crippen molar-refractivity contribution in [2.45, 2.75) is 32.9 Å². The summed E-state index contributed by atoms with van der Waals surface area (Å²) in [4.78, 5) is 25.9. The number of nitrogens with one attached hydrogen (secondary N) is 1. The molecule has 0 aliphatic heterocycles. The first kappa shape index (κ1) is 13.2. The van der Waals surface area contributed by atoms with Crippen LogP contribution in [0.25, 0.3) is 0 Å². The summed E-state index contributed by atoms with van der Waals surface area (Å²) >= 11 is 0. The van der Waals surface area contributed by atoms with E-state index in [1.54, 1.807) is 39.0 Å². The summed E-state index contributed by atoms with van der Waals surface area (Å²) in [5, 5.41) is 2.57. The first-order valence-electron chi connectivity index (χ1n) is 5.29. The van der Waals surface area contributed by atoms with Gasteiger partial charge in [0, 0.05) is 0 Å². The van der Waals surface area contributed by atoms with Crippen molar-refractivity contribution in [2.24, 2.45) is 0 Å². The third kappa shape index (κ3) is 5.10. The second kappa shape index (κ2) is 5.43. The van der Waals surface area contributed by atoms with Gasteiger partial charge in [0.1, 0.15) is 11.3 Å². The Balaban J connectivity index is 2.50. The molecule has 1 aromatic rings. The summed E-state index contributed by atoms with van der Waals surface area (Å²) in [6.45, 7) is 5.60. The van der Waals surface area contributed by atoms with Gasteiger partial charge in [0.25, 0.3) is 0 Å². The van der Waals surface area contributed by atoms with Crippen LogP contribution in [0.2, 0.25) is 0 Å². The monoisotopic (exact) mass is 236 g/mol. The lowest BCUT2D eigenvalue weighted by molar-refractivity contribution is 0.0523. The molecule has 0 spiro atoms. The summed E-state index contributed by atoms with van der Waals surface area (Å²) in [6.07, 6.45) is 0.160. The molecule has 1 aromatic heterocycles. The zero-order valence-electron chi connectivity index (χ0n) is 10.2. The van der Waals surface area contributed by atoms with Gasteiger partial charge in [-0.05, 0) is 32.9 Å². The van der Waals surface area contributed by atoms with Crippen LogP contribution >= 0.6 is 0 Å². The number of aromatic nitrogens is 1. The molecule has 92 valence electrons. The fourth-order valence-electron chi connectivity index (χ4n) is 1.14. The second-order valence-corrected chi connectivity index (χ2v) is 4.53. The number of nitrogens with zero attached hydrogens (tertiary/aromatic N) is 1. The van der Waals surface area contributed by atoms with E-state index < -0.39 is 11.7 Å². The zero-order chi connectivity index (χ0) is 12.9. The molecule has 0 saturated heterocycles. The number of pyridine rings is 1. The normalized spacial score (nSPS) is 10.8. The smallest absolute Gasteiger partial charge is 0.407 e. The Morgan fingerprint density at radius 3 is 2.76 bits per heavy atom. The van der Waals surface area contributed by atoms with E-state index in [9.17, 15) is 9.59 Å². The molecular weight excluding hydrogens is 220 g/mol. The van der Waals surface area contributed by atoms with Crippen molar-refractivity contribution in [1.29, 1.82) is 0 Å². The highest BCUT2D eigenvalue weighted by Crippen LogP contribution is 2.06. The number of hydrogen-bond donors (Lipinski definition) is 1. The number of hydrogen-bond acceptors (Lipinski definition) is 4. The molecule has 0 atom stereocenters. The van der Waals surface area contributed by atoms with Gasteiger partial charge in [-0.3, -0.25) is 4.79 Å². The number of rotatable bonds is 3. The zero-order valence-corrected chi connectivity index (χ0v) is 10.2. The fraction of sp³-hybridized carbons (Fsp3) is 0.417. The van der Waals surface area contributed by atoms with Gasteiger partial charge in [-0.25, -0.2) is 9.78 Å². The maximum absolute atomic E-state index is 11.4. The summed E-state index contributed by atoms with van der Waals surface area (Å²) in [7, 11) is 0. The van der Waals surface area contributed by atoms with E-state index in [0.717, 1.165) is 0 Å². The first-order valence-corrected chi connectivity index (χ1v) is 5.29. The maximum atomic E-state index is 11.4. The van der Waals surface area contributed by atoms with Gasteiger partial charge in [-0.1, -0.05) is 6.07 Å². The lowest BCUT2D eigenvalue weighted by Crippen LogP contribution is -2.32. The molecule has 5 heteroatoms. The van der Waals surface area contributed by atoms with Crippen LogP contribution in [0.15, 0.2) is 18.2 Å². The van der Waals surface area contributed by atoms with E-state index in [0.29, 0.717) is 17.7 Å². The maximum Gasteiger partial charge on any atom is 0.407 e. The van der Waals surface area contributed by atoms with E-state index >= 15 is 0 Å². The molecule has 0 saturated carbocycles. The third-order valence-electron chi connectivity index (χ3n) is 1.76. The van der Waals surface area contributed by atoms with Crippen LogP contribution in [-0.2, 0) is 11.3 Å². The molecule has 1 amide bonds. The number of carbonyl (C=O) groups excluding carboxylic acids is 2. The number of ether oxygens (including phenoxy) is 1. The summed E-state index contributed by atoms with van der Waals surface area (Å²) in [6, 6.07) is 5.04. The third-order valence-corrected chi connectivity index (χ3v) is 1.76. The highest BCUT2D eigenvalue weighted by atomic mass is 16.6. The van der Waals surface area contributed by atoms with Crippen LogP contribution in [0.3, 0.4) is 0 Å². The molecule has 1 rings (SSSR count). The molecule has 1 N–H and O–H groups in total. The fourth-order valence-corrected chi connectivity index (χ4v) is 1.14. The quantitative estimate of drug-likeness (QED) is 0.814. The van der Waals surface area contributed by atoms with Gasteiger partial charge in [0.05, 0.1) is 12.2 Å². The Labute approximate surface area is 100 Å². The first-order chi connectivity index (χ1) is 7.90. The lowest BCUT2D eigenvalue weighted by atomic mass is 10.2. The van der Waals surface area contributed by atoms with Crippen molar-refractivity contribution >= 4 is 12.4 Å². The van der Waals surface area contributed by atoms with Gasteiger partial charge in [0.2, 0.25) is 0 Å². The minimum atomic E-state index is -0.526. The van der Waals surface area contributed by atoms with Crippen molar-refractivity contribution in [3.63, 3.8) is 0 Å². The van der Waals surface area contributed by atoms with Crippen molar-refractivity contribution in [3.05, 3.63) is 29.6 Å². The molecule has 1 heterocycles. The van der Waals surface area contributed by atoms with E-state index in [2.05, 4.69) is 10.3 Å². The molecule has 0 aromatic carbocycles. The standard InChI is InChI=1S/C12H16N2O3/c1-12(2,3)17-11(16)13-7-9-5-4-6-10(8-15)14-9/h4-6,8H,7H2,1-3H3,(H,13,16). The molecule has 17 heavy (non-hydrogen) atoms. The molecular formula is C12H16N2O3. The molecule has 0 fully saturated rings. The number of amides is 1. The number of aldehydes is 1. The van der Waals surface area contributed by atoms with Crippen LogP contribution in [0, 0.1) is 0 Å². The van der Waals surface area contributed by atoms with Crippen LogP contribution < -0.4 is 5.32 Å². The summed E-state index contributed by atoms with van der Waals surface area (Å²) in [5.74, 6) is 0. The summed E-state index contributed by atoms with van der Waals surface area (Å²) in [5.41, 5.74) is 0.427. The average Bonchev–Trinajstić information content (AvgIpc) is 2.24. The van der Waals surface area contributed by atoms with E-state index in [1.807, 2.05) is 0 Å². The largest absolute Gasteiger partial charge is 0.444 e. The highest BCUT2D eigenvalue weighted by molar-refractivity contribution is 5.71. The highest BCUT2D eigenvalue weighted by Gasteiger charge is 2.15. The topological polar surface area (TPSA) is 68.3 Å².